The zero-order valence-corrected chi connectivity index (χ0v) is 39.0. The Bertz CT molecular complexity index is 2000. The largest absolute Gasteiger partial charge is 0.497 e. The van der Waals surface area contributed by atoms with Crippen LogP contribution in [0.1, 0.15) is 76.1 Å². The number of ether oxygens (including phenoxy) is 3. The van der Waals surface area contributed by atoms with Crippen molar-refractivity contribution in [3.8, 4) is 11.5 Å². The van der Waals surface area contributed by atoms with Gasteiger partial charge in [-0.05, 0) is 93.7 Å². The predicted octanol–water partition coefficient (Wildman–Crippen LogP) is 9.25. The molecule has 1 unspecified atom stereocenters. The average Bonchev–Trinajstić information content (AvgIpc) is 3.51. The Morgan fingerprint density at radius 3 is 1.79 bits per heavy atom. The quantitative estimate of drug-likeness (QED) is 0.0627. The standard InChI is InChI=1S/C44H62N3O8PSSi/c1-29(2)47(30(3)4)56(52-11)54-38-37(57-41(39(38)55-58(12,13)43(6,7)8)46-27-31(5)40(48)45-42(46)49)28-53-44(32-17-15-14-16-18-32,33-19-23-35(50-9)24-20-33)34-21-25-36(51-10)26-22-34/h14-27,29-30,37-39,41H,28H2,1-13H3,(H,45,48,49)/t37-,38-,39-,41-,56?/m1/s1. The second kappa shape index (κ2) is 19.0. The number of thioether (sulfide) groups is 1. The van der Waals surface area contributed by atoms with E-state index in [1.165, 1.54) is 0 Å². The van der Waals surface area contributed by atoms with Crippen molar-refractivity contribution in [3.05, 3.63) is 128 Å². The van der Waals surface area contributed by atoms with Gasteiger partial charge in [-0.25, -0.2) is 9.46 Å². The fourth-order valence-electron chi connectivity index (χ4n) is 7.16. The number of aromatic nitrogens is 2. The molecule has 2 heterocycles. The summed E-state index contributed by atoms with van der Waals surface area (Å²) < 4.78 is 43.4. The Morgan fingerprint density at radius 1 is 0.810 bits per heavy atom. The minimum absolute atomic E-state index is 0.116. The first-order valence-corrected chi connectivity index (χ1v) is 24.8. The van der Waals surface area contributed by atoms with Crippen LogP contribution in [0.25, 0.3) is 0 Å². The highest BCUT2D eigenvalue weighted by Crippen LogP contribution is 2.55. The summed E-state index contributed by atoms with van der Waals surface area (Å²) in [6.45, 7) is 21.4. The van der Waals surface area contributed by atoms with Crippen LogP contribution in [0.4, 0.5) is 0 Å². The fraction of sp³-hybridized carbons (Fsp3) is 0.500. The van der Waals surface area contributed by atoms with Crippen LogP contribution in [0.3, 0.4) is 0 Å². The van der Waals surface area contributed by atoms with Gasteiger partial charge in [-0.1, -0.05) is 75.4 Å². The summed E-state index contributed by atoms with van der Waals surface area (Å²) in [6.07, 6.45) is 0.420. The third-order valence-electron chi connectivity index (χ3n) is 11.2. The van der Waals surface area contributed by atoms with Gasteiger partial charge in [-0.3, -0.25) is 14.3 Å². The molecule has 0 radical (unpaired) electrons. The number of aryl methyl sites for hydroxylation is 1. The molecule has 0 saturated carbocycles. The van der Waals surface area contributed by atoms with Crippen LogP contribution in [0.5, 0.6) is 11.5 Å². The Labute approximate surface area is 350 Å². The molecule has 14 heteroatoms. The van der Waals surface area contributed by atoms with Crippen LogP contribution in [0.2, 0.25) is 18.1 Å². The second-order valence-electron chi connectivity index (χ2n) is 16.8. The van der Waals surface area contributed by atoms with Gasteiger partial charge in [-0.2, -0.15) is 0 Å². The van der Waals surface area contributed by atoms with Crippen molar-refractivity contribution >= 4 is 28.6 Å². The first-order chi connectivity index (χ1) is 27.4. The molecule has 0 amide bonds. The topological polar surface area (TPSA) is 113 Å². The molecule has 5 atom stereocenters. The molecule has 0 spiro atoms. The van der Waals surface area contributed by atoms with E-state index in [1.54, 1.807) is 50.8 Å². The van der Waals surface area contributed by atoms with Gasteiger partial charge in [-0.15, -0.1) is 11.8 Å². The van der Waals surface area contributed by atoms with Gasteiger partial charge in [0.25, 0.3) is 14.1 Å². The van der Waals surface area contributed by atoms with Crippen LogP contribution >= 0.6 is 20.3 Å². The van der Waals surface area contributed by atoms with E-state index in [0.717, 1.165) is 28.2 Å². The number of nitrogens with one attached hydrogen (secondary N) is 1. The molecule has 11 nitrogen and oxygen atoms in total. The van der Waals surface area contributed by atoms with E-state index in [-0.39, 0.29) is 29.0 Å². The molecule has 1 N–H and O–H groups in total. The third kappa shape index (κ3) is 9.68. The zero-order chi connectivity index (χ0) is 42.6. The van der Waals surface area contributed by atoms with Crippen LogP contribution < -0.4 is 20.7 Å². The zero-order valence-electron chi connectivity index (χ0n) is 36.3. The minimum atomic E-state index is -2.52. The maximum absolute atomic E-state index is 13.8. The smallest absolute Gasteiger partial charge is 0.329 e. The molecule has 58 heavy (non-hydrogen) atoms. The number of hydrogen-bond donors (Lipinski definition) is 1. The molecule has 1 saturated heterocycles. The molecule has 1 fully saturated rings. The lowest BCUT2D eigenvalue weighted by Gasteiger charge is -2.43. The van der Waals surface area contributed by atoms with Crippen LogP contribution in [-0.2, 0) is 23.8 Å². The van der Waals surface area contributed by atoms with Crippen molar-refractivity contribution in [3.63, 3.8) is 0 Å². The summed E-state index contributed by atoms with van der Waals surface area (Å²) in [7, 11) is 0.872. The number of nitrogens with zero attached hydrogens (tertiary/aromatic N) is 2. The van der Waals surface area contributed by atoms with Gasteiger partial charge in [0, 0.05) is 31.0 Å². The Kier molecular flexibility index (Phi) is 15.0. The molecular formula is C44H62N3O8PSSi. The Morgan fingerprint density at radius 2 is 1.33 bits per heavy atom. The van der Waals surface area contributed by atoms with Crippen LogP contribution in [0, 0.1) is 6.92 Å². The van der Waals surface area contributed by atoms with E-state index < -0.39 is 51.3 Å². The number of hydrogen-bond acceptors (Lipinski definition) is 10. The summed E-state index contributed by atoms with van der Waals surface area (Å²) in [6, 6.07) is 26.3. The third-order valence-corrected chi connectivity index (χ3v) is 19.2. The molecule has 316 valence electrons. The van der Waals surface area contributed by atoms with Crippen molar-refractivity contribution in [1.82, 2.24) is 14.2 Å². The molecule has 1 aromatic heterocycles. The molecular weight excluding hydrogens is 790 g/mol. The SMILES string of the molecule is COc1ccc(C(OC[C@H]2S[C@@H](n3cc(C)c(=O)[nH]c3=O)[C@H](O[Si](C)(C)C(C)(C)C)[C@@H]2OP(OC)N(C(C)C)C(C)C)(c2ccccc2)c2ccc(OC)cc2)cc1. The first-order valence-electron chi connectivity index (χ1n) is 19.8. The van der Waals surface area contributed by atoms with E-state index in [0.29, 0.717) is 5.56 Å². The Hall–Kier alpha value is -3.26. The number of benzene rings is 3. The van der Waals surface area contributed by atoms with E-state index in [1.807, 2.05) is 66.7 Å². The molecule has 1 aliphatic rings. The molecule has 0 aliphatic carbocycles. The van der Waals surface area contributed by atoms with E-state index in [2.05, 4.69) is 83.3 Å². The van der Waals surface area contributed by atoms with Gasteiger partial charge >= 0.3 is 5.69 Å². The second-order valence-corrected chi connectivity index (χ2v) is 24.4. The van der Waals surface area contributed by atoms with Crippen molar-refractivity contribution < 1.29 is 27.7 Å². The lowest BCUT2D eigenvalue weighted by Crippen LogP contribution is -2.50. The van der Waals surface area contributed by atoms with E-state index in [4.69, 9.17) is 27.7 Å². The predicted molar refractivity (Wildman–Crippen MR) is 238 cm³/mol. The lowest BCUT2D eigenvalue weighted by atomic mass is 9.80. The van der Waals surface area contributed by atoms with Gasteiger partial charge in [0.15, 0.2) is 8.32 Å². The van der Waals surface area contributed by atoms with Crippen LogP contribution in [0.15, 0.2) is 94.6 Å². The van der Waals surface area contributed by atoms with Crippen LogP contribution in [-0.4, -0.2) is 80.0 Å². The van der Waals surface area contributed by atoms with Crippen molar-refractivity contribution in [1.29, 1.82) is 0 Å². The number of methoxy groups -OCH3 is 2. The number of H-pyrrole nitrogens is 1. The number of rotatable bonds is 17. The molecule has 1 aliphatic heterocycles. The molecule has 5 rings (SSSR count). The normalized spacial score (nSPS) is 19.6. The summed E-state index contributed by atoms with van der Waals surface area (Å²) in [5.74, 6) is 1.45. The van der Waals surface area contributed by atoms with E-state index >= 15 is 0 Å². The number of aromatic amines is 1. The maximum Gasteiger partial charge on any atom is 0.329 e. The van der Waals surface area contributed by atoms with Gasteiger partial charge in [0.1, 0.15) is 34.7 Å². The van der Waals surface area contributed by atoms with Gasteiger partial charge in [0.2, 0.25) is 0 Å². The average molecular weight is 852 g/mol. The first kappa shape index (κ1) is 45.8. The van der Waals surface area contributed by atoms with Crippen molar-refractivity contribution in [2.24, 2.45) is 0 Å². The summed E-state index contributed by atoms with van der Waals surface area (Å²) in [5, 5.41) is -1.10. The monoisotopic (exact) mass is 851 g/mol. The van der Waals surface area contributed by atoms with Crippen molar-refractivity contribution in [2.45, 2.75) is 114 Å². The highest BCUT2D eigenvalue weighted by Gasteiger charge is 2.54. The minimum Gasteiger partial charge on any atom is -0.497 e. The molecule has 4 aromatic rings. The summed E-state index contributed by atoms with van der Waals surface area (Å²) in [4.78, 5) is 29.0. The van der Waals surface area contributed by atoms with Gasteiger partial charge < -0.3 is 27.7 Å². The highest BCUT2D eigenvalue weighted by atomic mass is 32.2. The summed E-state index contributed by atoms with van der Waals surface area (Å²) in [5.41, 5.74) is 1.12. The van der Waals surface area contributed by atoms with Gasteiger partial charge in [0.05, 0.1) is 26.1 Å². The maximum atomic E-state index is 13.8. The Balaban J connectivity index is 1.73. The van der Waals surface area contributed by atoms with E-state index in [9.17, 15) is 9.59 Å². The highest BCUT2D eigenvalue weighted by molar-refractivity contribution is 8.00. The van der Waals surface area contributed by atoms with Crippen molar-refractivity contribution in [2.75, 3.05) is 27.9 Å². The molecule has 3 aromatic carbocycles. The summed E-state index contributed by atoms with van der Waals surface area (Å²) >= 11 is 1.56. The molecule has 0 bridgehead atoms. The lowest BCUT2D eigenvalue weighted by molar-refractivity contribution is -0.0198. The fourth-order valence-corrected chi connectivity index (χ4v) is 11.8.